The van der Waals surface area contributed by atoms with Crippen LogP contribution in [0.4, 0.5) is 0 Å². The van der Waals surface area contributed by atoms with Crippen molar-refractivity contribution in [1.82, 2.24) is 4.57 Å². The minimum absolute atomic E-state index is 0.0145. The minimum atomic E-state index is -3.88. The normalized spacial score (nSPS) is 11.8. The van der Waals surface area contributed by atoms with E-state index in [1.165, 1.54) is 6.20 Å². The molecular weight excluding hydrogens is 298 g/mol. The summed E-state index contributed by atoms with van der Waals surface area (Å²) < 4.78 is 30.8. The number of ether oxygens (including phenoxy) is 1. The Bertz CT molecular complexity index is 785. The van der Waals surface area contributed by atoms with Crippen molar-refractivity contribution in [3.05, 3.63) is 24.4 Å². The number of benzene rings is 1. The molecule has 2 rings (SSSR count). The van der Waals surface area contributed by atoms with E-state index in [-0.39, 0.29) is 17.5 Å². The first kappa shape index (κ1) is 14.8. The van der Waals surface area contributed by atoms with Gasteiger partial charge in [0, 0.05) is 16.9 Å². The number of halogens is 1. The molecule has 20 heavy (non-hydrogen) atoms. The van der Waals surface area contributed by atoms with Crippen LogP contribution in [0.2, 0.25) is 0 Å². The van der Waals surface area contributed by atoms with Gasteiger partial charge in [-0.1, -0.05) is 12.0 Å². The maximum atomic E-state index is 11.7. The van der Waals surface area contributed by atoms with Gasteiger partial charge >= 0.3 is 0 Å². The van der Waals surface area contributed by atoms with Crippen LogP contribution in [0.3, 0.4) is 0 Å². The molecule has 0 spiro atoms. The van der Waals surface area contributed by atoms with Crippen molar-refractivity contribution in [3.8, 4) is 18.1 Å². The van der Waals surface area contributed by atoms with Crippen LogP contribution >= 0.6 is 10.7 Å². The van der Waals surface area contributed by atoms with Gasteiger partial charge in [0.1, 0.15) is 10.6 Å². The zero-order chi connectivity index (χ0) is 14.9. The Morgan fingerprint density at radius 3 is 2.70 bits per heavy atom. The van der Waals surface area contributed by atoms with Gasteiger partial charge in [0.2, 0.25) is 0 Å². The van der Waals surface area contributed by atoms with Gasteiger partial charge in [-0.2, -0.15) is 0 Å². The molecule has 1 aromatic carbocycles. The molecule has 0 atom stereocenters. The maximum absolute atomic E-state index is 11.7. The molecule has 1 heterocycles. The van der Waals surface area contributed by atoms with Gasteiger partial charge in [0.15, 0.2) is 0 Å². The minimum Gasteiger partial charge on any atom is -0.490 e. The second-order valence-corrected chi connectivity index (χ2v) is 7.11. The lowest BCUT2D eigenvalue weighted by Crippen LogP contribution is -2.06. The van der Waals surface area contributed by atoms with Crippen molar-refractivity contribution < 1.29 is 13.2 Å². The van der Waals surface area contributed by atoms with Crippen LogP contribution in [0.25, 0.3) is 10.9 Å². The van der Waals surface area contributed by atoms with Gasteiger partial charge in [0.05, 0.1) is 23.6 Å². The summed E-state index contributed by atoms with van der Waals surface area (Å²) in [4.78, 5) is 0.0145. The van der Waals surface area contributed by atoms with E-state index >= 15 is 0 Å². The molecule has 4 nitrogen and oxygen atoms in total. The van der Waals surface area contributed by atoms with Gasteiger partial charge in [-0.05, 0) is 26.0 Å². The molecule has 0 fully saturated rings. The van der Waals surface area contributed by atoms with E-state index in [0.29, 0.717) is 16.7 Å². The van der Waals surface area contributed by atoms with Crippen molar-refractivity contribution in [2.75, 3.05) is 0 Å². The molecule has 0 saturated heterocycles. The van der Waals surface area contributed by atoms with Crippen molar-refractivity contribution in [2.24, 2.45) is 0 Å². The highest BCUT2D eigenvalue weighted by molar-refractivity contribution is 8.14. The molecule has 0 aliphatic rings. The lowest BCUT2D eigenvalue weighted by Gasteiger charge is -2.11. The van der Waals surface area contributed by atoms with Crippen LogP contribution < -0.4 is 4.74 Å². The second-order valence-electron chi connectivity index (χ2n) is 4.58. The van der Waals surface area contributed by atoms with Crippen LogP contribution in [0.5, 0.6) is 5.75 Å². The first-order valence-electron chi connectivity index (χ1n) is 6.01. The molecule has 0 aliphatic carbocycles. The zero-order valence-electron chi connectivity index (χ0n) is 11.1. The van der Waals surface area contributed by atoms with Crippen LogP contribution in [-0.4, -0.2) is 19.1 Å². The molecule has 0 bridgehead atoms. The molecule has 0 aliphatic heterocycles. The number of rotatable bonds is 4. The molecule has 6 heteroatoms. The predicted molar refractivity (Wildman–Crippen MR) is 79.6 cm³/mol. The summed E-state index contributed by atoms with van der Waals surface area (Å²) in [6.45, 7) is 3.99. The third-order valence-electron chi connectivity index (χ3n) is 2.72. The van der Waals surface area contributed by atoms with E-state index in [1.54, 1.807) is 22.8 Å². The molecule has 2 aromatic rings. The number of nitrogens with zero attached hydrogens (tertiary/aromatic N) is 1. The Morgan fingerprint density at radius 2 is 2.15 bits per heavy atom. The van der Waals surface area contributed by atoms with E-state index in [4.69, 9.17) is 21.8 Å². The van der Waals surface area contributed by atoms with Crippen LogP contribution in [0, 0.1) is 12.3 Å². The van der Waals surface area contributed by atoms with Crippen LogP contribution in [0.1, 0.15) is 13.8 Å². The van der Waals surface area contributed by atoms with Gasteiger partial charge in [-0.15, -0.1) is 6.42 Å². The van der Waals surface area contributed by atoms with Gasteiger partial charge in [0.25, 0.3) is 9.05 Å². The lowest BCUT2D eigenvalue weighted by atomic mass is 10.2. The number of aromatic nitrogens is 1. The average molecular weight is 312 g/mol. The topological polar surface area (TPSA) is 48.3 Å². The standard InChI is InChI=1S/C14H14ClNO3S/c1-4-8-16-9-13(20(15,17)18)14-11(16)6-5-7-12(14)19-10(2)3/h1,5-7,9-10H,8H2,2-3H3. The molecular formula is C14H14ClNO3S. The van der Waals surface area contributed by atoms with Crippen molar-refractivity contribution in [3.63, 3.8) is 0 Å². The summed E-state index contributed by atoms with van der Waals surface area (Å²) in [7, 11) is 1.63. The van der Waals surface area contributed by atoms with Gasteiger partial charge in [-0.25, -0.2) is 8.42 Å². The molecule has 1 aromatic heterocycles. The Labute approximate surface area is 122 Å². The zero-order valence-corrected chi connectivity index (χ0v) is 12.7. The molecule has 0 radical (unpaired) electrons. The molecule has 106 valence electrons. The Morgan fingerprint density at radius 1 is 1.45 bits per heavy atom. The van der Waals surface area contributed by atoms with Crippen molar-refractivity contribution >= 4 is 30.6 Å². The average Bonchev–Trinajstić information content (AvgIpc) is 2.69. The number of terminal acetylenes is 1. The van der Waals surface area contributed by atoms with Crippen molar-refractivity contribution in [2.45, 2.75) is 31.4 Å². The Balaban J connectivity index is 2.81. The highest BCUT2D eigenvalue weighted by Gasteiger charge is 2.22. The quantitative estimate of drug-likeness (QED) is 0.644. The number of hydrogen-bond acceptors (Lipinski definition) is 3. The van der Waals surface area contributed by atoms with E-state index in [2.05, 4.69) is 5.92 Å². The largest absolute Gasteiger partial charge is 0.490 e. The summed E-state index contributed by atoms with van der Waals surface area (Å²) in [6, 6.07) is 5.29. The van der Waals surface area contributed by atoms with E-state index in [9.17, 15) is 8.42 Å². The van der Waals surface area contributed by atoms with Crippen LogP contribution in [0.15, 0.2) is 29.3 Å². The first-order valence-corrected chi connectivity index (χ1v) is 8.32. The highest BCUT2D eigenvalue weighted by atomic mass is 35.7. The van der Waals surface area contributed by atoms with E-state index < -0.39 is 9.05 Å². The number of fused-ring (bicyclic) bond motifs is 1. The third-order valence-corrected chi connectivity index (χ3v) is 4.05. The van der Waals surface area contributed by atoms with Crippen molar-refractivity contribution in [1.29, 1.82) is 0 Å². The number of hydrogen-bond donors (Lipinski definition) is 0. The van der Waals surface area contributed by atoms with Crippen LogP contribution in [-0.2, 0) is 15.6 Å². The molecule has 0 unspecified atom stereocenters. The van der Waals surface area contributed by atoms with E-state index in [0.717, 1.165) is 0 Å². The first-order chi connectivity index (χ1) is 9.34. The summed E-state index contributed by atoms with van der Waals surface area (Å²) in [5, 5.41) is 0.464. The molecule has 0 N–H and O–H groups in total. The summed E-state index contributed by atoms with van der Waals surface area (Å²) in [6.07, 6.45) is 6.67. The smallest absolute Gasteiger partial charge is 0.263 e. The van der Waals surface area contributed by atoms with Gasteiger partial charge < -0.3 is 9.30 Å². The Kier molecular flexibility index (Phi) is 3.98. The van der Waals surface area contributed by atoms with E-state index in [1.807, 2.05) is 13.8 Å². The monoisotopic (exact) mass is 311 g/mol. The fraction of sp³-hybridized carbons (Fsp3) is 0.286. The highest BCUT2D eigenvalue weighted by Crippen LogP contribution is 2.35. The summed E-state index contributed by atoms with van der Waals surface area (Å²) in [5.41, 5.74) is 0.681. The molecule has 0 saturated carbocycles. The fourth-order valence-electron chi connectivity index (χ4n) is 2.05. The SMILES string of the molecule is C#CCn1cc(S(=O)(=O)Cl)c2c(OC(C)C)cccc21. The maximum Gasteiger partial charge on any atom is 0.263 e. The third kappa shape index (κ3) is 2.77. The summed E-state index contributed by atoms with van der Waals surface area (Å²) >= 11 is 0. The fourth-order valence-corrected chi connectivity index (χ4v) is 3.10. The van der Waals surface area contributed by atoms with Gasteiger partial charge in [-0.3, -0.25) is 0 Å². The Hall–Kier alpha value is -1.64. The lowest BCUT2D eigenvalue weighted by molar-refractivity contribution is 0.245. The molecule has 0 amide bonds. The second kappa shape index (κ2) is 5.39. The predicted octanol–water partition coefficient (Wildman–Crippen LogP) is 2.99. The summed E-state index contributed by atoms with van der Waals surface area (Å²) in [5.74, 6) is 2.96.